The largest absolute Gasteiger partial charge is 0.379 e. The van der Waals surface area contributed by atoms with E-state index in [0.717, 1.165) is 25.9 Å². The van der Waals surface area contributed by atoms with Gasteiger partial charge in [0.05, 0.1) is 11.2 Å². The molecule has 0 aliphatic heterocycles. The van der Waals surface area contributed by atoms with Gasteiger partial charge in [0, 0.05) is 13.1 Å². The first-order chi connectivity index (χ1) is 9.58. The number of aromatic nitrogens is 2. The minimum atomic E-state index is -0.0889. The third-order valence-corrected chi connectivity index (χ3v) is 4.20. The van der Waals surface area contributed by atoms with E-state index in [2.05, 4.69) is 24.3 Å². The number of rotatable bonds is 7. The van der Waals surface area contributed by atoms with Crippen LogP contribution in [0, 0.1) is 11.8 Å². The zero-order valence-electron chi connectivity index (χ0n) is 12.4. The van der Waals surface area contributed by atoms with Gasteiger partial charge >= 0.3 is 0 Å². The quantitative estimate of drug-likeness (QED) is 0.783. The van der Waals surface area contributed by atoms with Crippen molar-refractivity contribution in [2.75, 3.05) is 11.9 Å². The predicted octanol–water partition coefficient (Wildman–Crippen LogP) is 3.54. The molecular formula is C15H24ClN3O. The molecule has 1 aliphatic rings. The molecule has 4 nitrogen and oxygen atoms in total. The maximum atomic E-state index is 12.3. The Morgan fingerprint density at radius 3 is 2.85 bits per heavy atom. The molecule has 0 bridgehead atoms. The standard InChI is InChI=1S/C15H24ClN3O/c1-11(2)5-4-8-17-14-13(16)9-18-19(15(14)20)10-12-6-3-7-12/h9,11-12,17H,3-8,10H2,1-2H3. The number of anilines is 1. The zero-order valence-corrected chi connectivity index (χ0v) is 13.1. The minimum Gasteiger partial charge on any atom is -0.379 e. The first-order valence-corrected chi connectivity index (χ1v) is 7.95. The van der Waals surface area contributed by atoms with Gasteiger partial charge in [-0.15, -0.1) is 0 Å². The second-order valence-electron chi connectivity index (χ2n) is 6.11. The van der Waals surface area contributed by atoms with Crippen molar-refractivity contribution < 1.29 is 0 Å². The third kappa shape index (κ3) is 3.98. The molecular weight excluding hydrogens is 274 g/mol. The highest BCUT2D eigenvalue weighted by Gasteiger charge is 2.20. The lowest BCUT2D eigenvalue weighted by Gasteiger charge is -2.25. The summed E-state index contributed by atoms with van der Waals surface area (Å²) in [6, 6.07) is 0. The van der Waals surface area contributed by atoms with Crippen molar-refractivity contribution >= 4 is 17.3 Å². The molecule has 0 spiro atoms. The molecule has 1 heterocycles. The molecule has 1 saturated carbocycles. The maximum absolute atomic E-state index is 12.3. The number of halogens is 1. The fourth-order valence-corrected chi connectivity index (χ4v) is 2.59. The van der Waals surface area contributed by atoms with Crippen LogP contribution in [0.3, 0.4) is 0 Å². The number of hydrogen-bond donors (Lipinski definition) is 1. The van der Waals surface area contributed by atoms with Crippen molar-refractivity contribution in [2.24, 2.45) is 11.8 Å². The van der Waals surface area contributed by atoms with E-state index < -0.39 is 0 Å². The molecule has 1 aromatic heterocycles. The topological polar surface area (TPSA) is 46.9 Å². The van der Waals surface area contributed by atoms with Crippen LogP contribution in [-0.2, 0) is 6.54 Å². The first-order valence-electron chi connectivity index (χ1n) is 7.57. The Morgan fingerprint density at radius 1 is 1.50 bits per heavy atom. The Labute approximate surface area is 125 Å². The van der Waals surface area contributed by atoms with E-state index in [1.165, 1.54) is 19.3 Å². The van der Waals surface area contributed by atoms with Gasteiger partial charge in [-0.1, -0.05) is 31.9 Å². The molecule has 5 heteroatoms. The highest BCUT2D eigenvalue weighted by atomic mass is 35.5. The highest BCUT2D eigenvalue weighted by molar-refractivity contribution is 6.32. The zero-order chi connectivity index (χ0) is 14.5. The van der Waals surface area contributed by atoms with Crippen molar-refractivity contribution in [3.63, 3.8) is 0 Å². The molecule has 0 aromatic carbocycles. The van der Waals surface area contributed by atoms with E-state index in [1.54, 1.807) is 10.9 Å². The second kappa shape index (κ2) is 7.11. The monoisotopic (exact) mass is 297 g/mol. The summed E-state index contributed by atoms with van der Waals surface area (Å²) in [4.78, 5) is 12.3. The summed E-state index contributed by atoms with van der Waals surface area (Å²) in [6.45, 7) is 5.90. The lowest BCUT2D eigenvalue weighted by molar-refractivity contribution is 0.262. The Morgan fingerprint density at radius 2 is 2.25 bits per heavy atom. The summed E-state index contributed by atoms with van der Waals surface area (Å²) in [5.41, 5.74) is 0.415. The SMILES string of the molecule is CC(C)CCCNc1c(Cl)cnn(CC2CCC2)c1=O. The van der Waals surface area contributed by atoms with Gasteiger partial charge in [0.2, 0.25) is 0 Å². The van der Waals surface area contributed by atoms with Gasteiger partial charge in [-0.25, -0.2) is 4.68 Å². The molecule has 112 valence electrons. The van der Waals surface area contributed by atoms with Crippen LogP contribution in [0.4, 0.5) is 5.69 Å². The van der Waals surface area contributed by atoms with E-state index in [0.29, 0.717) is 22.5 Å². The first kappa shape index (κ1) is 15.4. The van der Waals surface area contributed by atoms with Gasteiger partial charge in [0.25, 0.3) is 5.56 Å². The van der Waals surface area contributed by atoms with Crippen LogP contribution in [0.2, 0.25) is 5.02 Å². The second-order valence-corrected chi connectivity index (χ2v) is 6.52. The predicted molar refractivity (Wildman–Crippen MR) is 83.4 cm³/mol. The van der Waals surface area contributed by atoms with Gasteiger partial charge in [-0.2, -0.15) is 5.10 Å². The normalized spacial score (nSPS) is 15.4. The van der Waals surface area contributed by atoms with Gasteiger partial charge in [0.15, 0.2) is 0 Å². The Balaban J connectivity index is 1.99. The van der Waals surface area contributed by atoms with E-state index in [4.69, 9.17) is 11.6 Å². The summed E-state index contributed by atoms with van der Waals surface area (Å²) in [6.07, 6.45) is 7.44. The Kier molecular flexibility index (Phi) is 5.46. The molecule has 1 aliphatic carbocycles. The molecule has 0 unspecified atom stereocenters. The summed E-state index contributed by atoms with van der Waals surface area (Å²) in [5, 5.41) is 7.75. The molecule has 0 amide bonds. The minimum absolute atomic E-state index is 0.0889. The summed E-state index contributed by atoms with van der Waals surface area (Å²) < 4.78 is 1.56. The number of nitrogens with one attached hydrogen (secondary N) is 1. The average molecular weight is 298 g/mol. The molecule has 1 N–H and O–H groups in total. The molecule has 2 rings (SSSR count). The van der Waals surface area contributed by atoms with Gasteiger partial charge in [-0.05, 0) is 37.5 Å². The van der Waals surface area contributed by atoms with Crippen LogP contribution >= 0.6 is 11.6 Å². The number of nitrogens with zero attached hydrogens (tertiary/aromatic N) is 2. The maximum Gasteiger partial charge on any atom is 0.291 e. The van der Waals surface area contributed by atoms with Crippen molar-refractivity contribution in [3.05, 3.63) is 21.6 Å². The van der Waals surface area contributed by atoms with E-state index in [-0.39, 0.29) is 5.56 Å². The van der Waals surface area contributed by atoms with Crippen molar-refractivity contribution in [1.82, 2.24) is 9.78 Å². The molecule has 1 fully saturated rings. The van der Waals surface area contributed by atoms with Gasteiger partial charge in [-0.3, -0.25) is 4.79 Å². The number of hydrogen-bond acceptors (Lipinski definition) is 3. The van der Waals surface area contributed by atoms with Crippen LogP contribution in [0.15, 0.2) is 11.0 Å². The molecule has 0 saturated heterocycles. The average Bonchev–Trinajstić information content (AvgIpc) is 2.34. The van der Waals surface area contributed by atoms with Crippen molar-refractivity contribution in [1.29, 1.82) is 0 Å². The molecule has 0 radical (unpaired) electrons. The lowest BCUT2D eigenvalue weighted by Crippen LogP contribution is -2.31. The molecule has 1 aromatic rings. The van der Waals surface area contributed by atoms with Gasteiger partial charge in [0.1, 0.15) is 5.69 Å². The summed E-state index contributed by atoms with van der Waals surface area (Å²) in [7, 11) is 0. The van der Waals surface area contributed by atoms with E-state index in [1.807, 2.05) is 0 Å². The fraction of sp³-hybridized carbons (Fsp3) is 0.733. The van der Waals surface area contributed by atoms with Crippen LogP contribution in [-0.4, -0.2) is 16.3 Å². The summed E-state index contributed by atoms with van der Waals surface area (Å²) in [5.74, 6) is 1.29. The Bertz CT molecular complexity index is 494. The highest BCUT2D eigenvalue weighted by Crippen LogP contribution is 2.27. The van der Waals surface area contributed by atoms with Crippen molar-refractivity contribution in [2.45, 2.75) is 52.5 Å². The fourth-order valence-electron chi connectivity index (χ4n) is 2.40. The van der Waals surface area contributed by atoms with Crippen LogP contribution in [0.25, 0.3) is 0 Å². The summed E-state index contributed by atoms with van der Waals surface area (Å²) >= 11 is 6.09. The van der Waals surface area contributed by atoms with Crippen molar-refractivity contribution in [3.8, 4) is 0 Å². The van der Waals surface area contributed by atoms with Crippen LogP contribution in [0.1, 0.15) is 46.0 Å². The smallest absolute Gasteiger partial charge is 0.291 e. The lowest BCUT2D eigenvalue weighted by atomic mass is 9.85. The molecule has 0 atom stereocenters. The Hall–Kier alpha value is -1.03. The van der Waals surface area contributed by atoms with E-state index >= 15 is 0 Å². The van der Waals surface area contributed by atoms with Gasteiger partial charge < -0.3 is 5.32 Å². The van der Waals surface area contributed by atoms with Crippen LogP contribution in [0.5, 0.6) is 0 Å². The molecule has 20 heavy (non-hydrogen) atoms. The third-order valence-electron chi connectivity index (χ3n) is 3.91. The van der Waals surface area contributed by atoms with Crippen LogP contribution < -0.4 is 10.9 Å². The van der Waals surface area contributed by atoms with E-state index in [9.17, 15) is 4.79 Å².